The van der Waals surface area contributed by atoms with Gasteiger partial charge in [0.2, 0.25) is 5.82 Å². The number of hydrogen-bond acceptors (Lipinski definition) is 2. The minimum Gasteiger partial charge on any atom is -0.319 e. The van der Waals surface area contributed by atoms with E-state index in [0.29, 0.717) is 11.3 Å². The van der Waals surface area contributed by atoms with Gasteiger partial charge in [0.25, 0.3) is 0 Å². The molecule has 0 radical (unpaired) electrons. The van der Waals surface area contributed by atoms with Crippen LogP contribution in [0.1, 0.15) is 17.1 Å². The quantitative estimate of drug-likeness (QED) is 0.733. The topological polar surface area (TPSA) is 41.6 Å². The lowest BCUT2D eigenvalue weighted by molar-refractivity contribution is -0.144. The molecule has 15 heavy (non-hydrogen) atoms. The fourth-order valence-corrected chi connectivity index (χ4v) is 1.44. The maximum Gasteiger partial charge on any atom is 0.449 e. The van der Waals surface area contributed by atoms with Crippen LogP contribution in [0.15, 0.2) is 6.07 Å². The second kappa shape index (κ2) is 2.95. The van der Waals surface area contributed by atoms with Crippen LogP contribution in [-0.2, 0) is 6.18 Å². The second-order valence-corrected chi connectivity index (χ2v) is 3.36. The van der Waals surface area contributed by atoms with Crippen molar-refractivity contribution in [3.63, 3.8) is 0 Å². The van der Waals surface area contributed by atoms with Crippen LogP contribution in [0.5, 0.6) is 0 Å². The summed E-state index contributed by atoms with van der Waals surface area (Å²) in [4.78, 5) is 9.60. The van der Waals surface area contributed by atoms with Gasteiger partial charge in [0.1, 0.15) is 5.52 Å². The van der Waals surface area contributed by atoms with Gasteiger partial charge < -0.3 is 4.98 Å². The van der Waals surface area contributed by atoms with Gasteiger partial charge in [-0.3, -0.25) is 0 Å². The van der Waals surface area contributed by atoms with E-state index in [0.717, 1.165) is 0 Å². The van der Waals surface area contributed by atoms with E-state index in [1.54, 1.807) is 19.9 Å². The maximum absolute atomic E-state index is 12.3. The number of nitrogens with zero attached hydrogens (tertiary/aromatic N) is 2. The van der Waals surface area contributed by atoms with Crippen LogP contribution < -0.4 is 0 Å². The highest BCUT2D eigenvalue weighted by molar-refractivity contribution is 5.74. The van der Waals surface area contributed by atoms with Crippen LogP contribution in [0.3, 0.4) is 0 Å². The SMILES string of the molecule is Cc1cc(C)c2nc(C(F)(F)F)[nH]c2n1. The van der Waals surface area contributed by atoms with E-state index in [2.05, 4.69) is 15.0 Å². The molecule has 0 saturated carbocycles. The summed E-state index contributed by atoms with van der Waals surface area (Å²) in [5, 5.41) is 0. The van der Waals surface area contributed by atoms with Crippen LogP contribution in [0.4, 0.5) is 13.2 Å². The lowest BCUT2D eigenvalue weighted by Crippen LogP contribution is -2.06. The Hall–Kier alpha value is -1.59. The number of halogens is 3. The molecule has 0 aliphatic rings. The van der Waals surface area contributed by atoms with Crippen molar-refractivity contribution in [1.29, 1.82) is 0 Å². The van der Waals surface area contributed by atoms with Crippen molar-refractivity contribution < 1.29 is 13.2 Å². The molecule has 0 saturated heterocycles. The Morgan fingerprint density at radius 2 is 1.87 bits per heavy atom. The van der Waals surface area contributed by atoms with E-state index >= 15 is 0 Å². The third-order valence-electron chi connectivity index (χ3n) is 2.04. The average Bonchev–Trinajstić information content (AvgIpc) is 2.46. The number of aryl methyl sites for hydroxylation is 2. The van der Waals surface area contributed by atoms with Crippen LogP contribution in [0.25, 0.3) is 11.2 Å². The number of pyridine rings is 1. The van der Waals surface area contributed by atoms with Gasteiger partial charge in [-0.05, 0) is 25.5 Å². The van der Waals surface area contributed by atoms with Gasteiger partial charge in [-0.1, -0.05) is 0 Å². The molecule has 3 nitrogen and oxygen atoms in total. The number of aromatic nitrogens is 3. The van der Waals surface area contributed by atoms with Crippen molar-refractivity contribution in [2.45, 2.75) is 20.0 Å². The smallest absolute Gasteiger partial charge is 0.319 e. The zero-order valence-electron chi connectivity index (χ0n) is 8.11. The van der Waals surface area contributed by atoms with Crippen LogP contribution in [0, 0.1) is 13.8 Å². The van der Waals surface area contributed by atoms with Gasteiger partial charge in [-0.25, -0.2) is 9.97 Å². The first-order valence-corrected chi connectivity index (χ1v) is 4.29. The molecular weight excluding hydrogens is 207 g/mol. The van der Waals surface area contributed by atoms with Crippen LogP contribution >= 0.6 is 0 Å². The number of rotatable bonds is 0. The second-order valence-electron chi connectivity index (χ2n) is 3.36. The number of imidazole rings is 1. The molecule has 2 rings (SSSR count). The van der Waals surface area contributed by atoms with Crippen molar-refractivity contribution in [2.75, 3.05) is 0 Å². The molecule has 0 fully saturated rings. The molecule has 0 unspecified atom stereocenters. The van der Waals surface area contributed by atoms with Crippen molar-refractivity contribution >= 4 is 11.2 Å². The highest BCUT2D eigenvalue weighted by Gasteiger charge is 2.35. The van der Waals surface area contributed by atoms with Crippen molar-refractivity contribution in [2.24, 2.45) is 0 Å². The van der Waals surface area contributed by atoms with E-state index in [9.17, 15) is 13.2 Å². The Kier molecular flexibility index (Phi) is 1.95. The number of aromatic amines is 1. The van der Waals surface area contributed by atoms with Gasteiger partial charge in [0.15, 0.2) is 5.65 Å². The largest absolute Gasteiger partial charge is 0.449 e. The first kappa shape index (κ1) is 9.95. The zero-order chi connectivity index (χ0) is 11.2. The fourth-order valence-electron chi connectivity index (χ4n) is 1.44. The van der Waals surface area contributed by atoms with Crippen molar-refractivity contribution in [3.05, 3.63) is 23.1 Å². The van der Waals surface area contributed by atoms with Crippen molar-refractivity contribution in [3.8, 4) is 0 Å². The van der Waals surface area contributed by atoms with Gasteiger partial charge in [-0.2, -0.15) is 13.2 Å². The average molecular weight is 215 g/mol. The summed E-state index contributed by atoms with van der Waals surface area (Å²) < 4.78 is 37.0. The maximum atomic E-state index is 12.3. The summed E-state index contributed by atoms with van der Waals surface area (Å²) in [7, 11) is 0. The summed E-state index contributed by atoms with van der Waals surface area (Å²) in [6.07, 6.45) is -4.46. The molecule has 0 aromatic carbocycles. The van der Waals surface area contributed by atoms with Crippen molar-refractivity contribution in [1.82, 2.24) is 15.0 Å². The molecule has 2 aromatic heterocycles. The number of nitrogens with one attached hydrogen (secondary N) is 1. The summed E-state index contributed by atoms with van der Waals surface area (Å²) in [6, 6.07) is 1.70. The molecule has 1 N–H and O–H groups in total. The third-order valence-corrected chi connectivity index (χ3v) is 2.04. The fraction of sp³-hybridized carbons (Fsp3) is 0.333. The molecule has 0 atom stereocenters. The number of fused-ring (bicyclic) bond motifs is 1. The van der Waals surface area contributed by atoms with Crippen LogP contribution in [0.2, 0.25) is 0 Å². The highest BCUT2D eigenvalue weighted by atomic mass is 19.4. The van der Waals surface area contributed by atoms with Crippen LogP contribution in [-0.4, -0.2) is 15.0 Å². The number of H-pyrrole nitrogens is 1. The first-order valence-electron chi connectivity index (χ1n) is 4.29. The molecule has 0 spiro atoms. The molecule has 0 aliphatic carbocycles. The molecule has 2 heterocycles. The van der Waals surface area contributed by atoms with Gasteiger partial charge in [0, 0.05) is 5.69 Å². The number of hydrogen-bond donors (Lipinski definition) is 1. The molecule has 0 bridgehead atoms. The lowest BCUT2D eigenvalue weighted by atomic mass is 10.2. The molecule has 2 aromatic rings. The van der Waals surface area contributed by atoms with E-state index in [1.807, 2.05) is 0 Å². The molecule has 6 heteroatoms. The summed E-state index contributed by atoms with van der Waals surface area (Å²) in [5.41, 5.74) is 1.80. The van der Waals surface area contributed by atoms with E-state index in [-0.39, 0.29) is 11.2 Å². The zero-order valence-corrected chi connectivity index (χ0v) is 8.11. The molecule has 0 amide bonds. The van der Waals surface area contributed by atoms with Gasteiger partial charge in [0.05, 0.1) is 0 Å². The van der Waals surface area contributed by atoms with Gasteiger partial charge >= 0.3 is 6.18 Å². The summed E-state index contributed by atoms with van der Waals surface area (Å²) >= 11 is 0. The Morgan fingerprint density at radius 1 is 1.20 bits per heavy atom. The Morgan fingerprint density at radius 3 is 2.47 bits per heavy atom. The molecular formula is C9H8F3N3. The predicted molar refractivity (Wildman–Crippen MR) is 48.4 cm³/mol. The molecule has 0 aliphatic heterocycles. The minimum atomic E-state index is -4.46. The third kappa shape index (κ3) is 1.67. The standard InChI is InChI=1S/C9H8F3N3/c1-4-3-5(2)13-7-6(4)14-8(15-7)9(10,11)12/h3H,1-2H3,(H,13,14,15). The minimum absolute atomic E-state index is 0.180. The number of alkyl halides is 3. The van der Waals surface area contributed by atoms with E-state index in [1.165, 1.54) is 0 Å². The molecule has 80 valence electrons. The van der Waals surface area contributed by atoms with Gasteiger partial charge in [-0.15, -0.1) is 0 Å². The highest BCUT2D eigenvalue weighted by Crippen LogP contribution is 2.28. The Bertz CT molecular complexity index is 513. The lowest BCUT2D eigenvalue weighted by Gasteiger charge is -1.98. The normalized spacial score (nSPS) is 12.3. The summed E-state index contributed by atoms with van der Waals surface area (Å²) in [6.45, 7) is 3.43. The monoisotopic (exact) mass is 215 g/mol. The predicted octanol–water partition coefficient (Wildman–Crippen LogP) is 2.59. The first-order chi connectivity index (χ1) is 6.88. The Labute approximate surface area is 83.4 Å². The van der Waals surface area contributed by atoms with E-state index in [4.69, 9.17) is 0 Å². The Balaban J connectivity index is 2.71. The van der Waals surface area contributed by atoms with E-state index < -0.39 is 12.0 Å². The summed E-state index contributed by atoms with van der Waals surface area (Å²) in [5.74, 6) is -1.00.